The molecule has 5 heteroatoms. The molecule has 0 aromatic heterocycles. The monoisotopic (exact) mass is 461 g/mol. The van der Waals surface area contributed by atoms with Crippen molar-refractivity contribution in [2.75, 3.05) is 16.8 Å². The van der Waals surface area contributed by atoms with E-state index in [-0.39, 0.29) is 35.7 Å². The Morgan fingerprint density at radius 2 is 1.88 bits per heavy atom. The molecule has 34 heavy (non-hydrogen) atoms. The average Bonchev–Trinajstić information content (AvgIpc) is 2.94. The molecule has 3 aliphatic carbocycles. The van der Waals surface area contributed by atoms with Gasteiger partial charge in [0.05, 0.1) is 24.0 Å². The molecule has 5 rings (SSSR count). The van der Waals surface area contributed by atoms with Crippen LogP contribution in [0.2, 0.25) is 0 Å². The van der Waals surface area contributed by atoms with Crippen LogP contribution in [0.4, 0.5) is 11.4 Å². The number of Topliss-reactive ketones (excluding diaryl/α,β-unsaturated/α-hetero) is 1. The number of rotatable bonds is 4. The first-order valence-corrected chi connectivity index (χ1v) is 13.2. The maximum Gasteiger partial charge on any atom is 0.239 e. The summed E-state index contributed by atoms with van der Waals surface area (Å²) in [6.07, 6.45) is 14.7. The van der Waals surface area contributed by atoms with Crippen molar-refractivity contribution in [3.63, 3.8) is 0 Å². The maximum absolute atomic E-state index is 13.7. The number of fused-ring (bicyclic) bond motifs is 1. The first-order chi connectivity index (χ1) is 16.4. The summed E-state index contributed by atoms with van der Waals surface area (Å²) in [7, 11) is 0. The number of carbonyl (C=O) groups excluding carboxylic acids is 2. The van der Waals surface area contributed by atoms with E-state index < -0.39 is 0 Å². The van der Waals surface area contributed by atoms with Crippen molar-refractivity contribution in [1.29, 1.82) is 0 Å². The summed E-state index contributed by atoms with van der Waals surface area (Å²) in [4.78, 5) is 29.3. The van der Waals surface area contributed by atoms with Gasteiger partial charge in [0.1, 0.15) is 0 Å². The van der Waals surface area contributed by atoms with Crippen molar-refractivity contribution >= 4 is 23.1 Å². The number of amides is 1. The molecule has 2 N–H and O–H groups in total. The molecule has 4 aliphatic rings. The van der Waals surface area contributed by atoms with E-state index in [9.17, 15) is 9.59 Å². The SMILES string of the molecule is CC1(C)CC(=O)C2=C(C1)Nc1ccccc1N(CC(=O)NC1CCCCC1)[C@H]2[C@@H]1CC=CCC1. The number of para-hydroxylation sites is 2. The van der Waals surface area contributed by atoms with Crippen molar-refractivity contribution in [1.82, 2.24) is 5.32 Å². The van der Waals surface area contributed by atoms with Crippen LogP contribution in [0.25, 0.3) is 0 Å². The van der Waals surface area contributed by atoms with Crippen LogP contribution in [0.15, 0.2) is 47.7 Å². The summed E-state index contributed by atoms with van der Waals surface area (Å²) in [5.74, 6) is 0.630. The first kappa shape index (κ1) is 23.2. The Hall–Kier alpha value is -2.56. The largest absolute Gasteiger partial charge is 0.357 e. The molecule has 1 fully saturated rings. The Bertz CT molecular complexity index is 1000. The van der Waals surface area contributed by atoms with Gasteiger partial charge in [0.25, 0.3) is 0 Å². The Kier molecular flexibility index (Phi) is 6.54. The lowest BCUT2D eigenvalue weighted by Gasteiger charge is -2.42. The Balaban J connectivity index is 1.55. The van der Waals surface area contributed by atoms with Crippen molar-refractivity contribution in [2.45, 2.75) is 90.1 Å². The van der Waals surface area contributed by atoms with E-state index in [0.717, 1.165) is 61.2 Å². The minimum Gasteiger partial charge on any atom is -0.357 e. The highest BCUT2D eigenvalue weighted by atomic mass is 16.2. The number of hydrogen-bond donors (Lipinski definition) is 2. The number of allylic oxidation sites excluding steroid dienone is 3. The van der Waals surface area contributed by atoms with Crippen LogP contribution in [0, 0.1) is 11.3 Å². The van der Waals surface area contributed by atoms with E-state index in [1.54, 1.807) is 0 Å². The zero-order valence-corrected chi connectivity index (χ0v) is 20.7. The zero-order valence-electron chi connectivity index (χ0n) is 20.7. The summed E-state index contributed by atoms with van der Waals surface area (Å²) in [6, 6.07) is 8.46. The normalized spacial score (nSPS) is 26.9. The number of anilines is 2. The third-order valence-corrected chi connectivity index (χ3v) is 8.09. The summed E-state index contributed by atoms with van der Waals surface area (Å²) < 4.78 is 0. The lowest BCUT2D eigenvalue weighted by molar-refractivity contribution is -0.121. The summed E-state index contributed by atoms with van der Waals surface area (Å²) >= 11 is 0. The lowest BCUT2D eigenvalue weighted by atomic mass is 9.71. The minimum atomic E-state index is -0.0863. The summed E-state index contributed by atoms with van der Waals surface area (Å²) in [5.41, 5.74) is 3.94. The van der Waals surface area contributed by atoms with Gasteiger partial charge in [0.15, 0.2) is 5.78 Å². The lowest BCUT2D eigenvalue weighted by Crippen LogP contribution is -2.51. The van der Waals surface area contributed by atoms with Crippen LogP contribution in [0.1, 0.15) is 78.1 Å². The van der Waals surface area contributed by atoms with E-state index in [4.69, 9.17) is 0 Å². The number of carbonyl (C=O) groups is 2. The standard InChI is InChI=1S/C29H39N3O2/c1-29(2)17-23-27(25(33)18-29)28(20-11-5-3-6-12-20)32(24-16-10-9-15-22(24)31-23)19-26(34)30-21-13-7-4-8-14-21/h3,5,9-10,15-16,20-21,28,31H,4,6-8,11-14,17-19H2,1-2H3,(H,30,34)/t20-,28+/m1/s1. The van der Waals surface area contributed by atoms with Gasteiger partial charge in [0, 0.05) is 23.7 Å². The van der Waals surface area contributed by atoms with Crippen LogP contribution >= 0.6 is 0 Å². The fourth-order valence-electron chi connectivity index (χ4n) is 6.54. The Morgan fingerprint density at radius 1 is 1.09 bits per heavy atom. The van der Waals surface area contributed by atoms with Crippen molar-refractivity contribution < 1.29 is 9.59 Å². The van der Waals surface area contributed by atoms with Crippen LogP contribution in [-0.4, -0.2) is 30.3 Å². The van der Waals surface area contributed by atoms with E-state index in [2.05, 4.69) is 53.7 Å². The molecule has 0 saturated heterocycles. The minimum absolute atomic E-state index is 0.0671. The predicted molar refractivity (Wildman–Crippen MR) is 138 cm³/mol. The molecule has 5 nitrogen and oxygen atoms in total. The van der Waals surface area contributed by atoms with Gasteiger partial charge in [-0.1, -0.05) is 57.4 Å². The van der Waals surface area contributed by atoms with Crippen molar-refractivity contribution in [3.8, 4) is 0 Å². The molecule has 182 valence electrons. The molecular formula is C29H39N3O2. The summed E-state index contributed by atoms with van der Waals surface area (Å²) in [6.45, 7) is 4.65. The highest BCUT2D eigenvalue weighted by Gasteiger charge is 2.44. The molecule has 1 amide bonds. The van der Waals surface area contributed by atoms with E-state index >= 15 is 0 Å². The quantitative estimate of drug-likeness (QED) is 0.562. The fraction of sp³-hybridized carbons (Fsp3) is 0.586. The number of nitrogens with zero attached hydrogens (tertiary/aromatic N) is 1. The van der Waals surface area contributed by atoms with E-state index in [1.807, 2.05) is 12.1 Å². The topological polar surface area (TPSA) is 61.4 Å². The molecule has 2 atom stereocenters. The molecule has 0 bridgehead atoms. The number of benzene rings is 1. The molecule has 0 radical (unpaired) electrons. The van der Waals surface area contributed by atoms with Gasteiger partial charge in [-0.15, -0.1) is 0 Å². The molecule has 0 spiro atoms. The van der Waals surface area contributed by atoms with E-state index in [1.165, 1.54) is 19.3 Å². The number of hydrogen-bond acceptors (Lipinski definition) is 4. The first-order valence-electron chi connectivity index (χ1n) is 13.2. The third-order valence-electron chi connectivity index (χ3n) is 8.09. The molecule has 0 unspecified atom stereocenters. The Morgan fingerprint density at radius 3 is 2.65 bits per heavy atom. The molecule has 1 saturated carbocycles. The predicted octanol–water partition coefficient (Wildman–Crippen LogP) is 5.74. The van der Waals surface area contributed by atoms with Crippen molar-refractivity contribution in [3.05, 3.63) is 47.7 Å². The number of ketones is 1. The third kappa shape index (κ3) is 4.80. The van der Waals surface area contributed by atoms with Crippen LogP contribution < -0.4 is 15.5 Å². The highest BCUT2D eigenvalue weighted by molar-refractivity contribution is 6.01. The van der Waals surface area contributed by atoms with Crippen LogP contribution in [0.3, 0.4) is 0 Å². The fourth-order valence-corrected chi connectivity index (χ4v) is 6.54. The Labute approximate surface area is 204 Å². The summed E-state index contributed by atoms with van der Waals surface area (Å²) in [5, 5.41) is 6.99. The molecule has 1 aliphatic heterocycles. The molecular weight excluding hydrogens is 422 g/mol. The smallest absolute Gasteiger partial charge is 0.239 e. The van der Waals surface area contributed by atoms with Gasteiger partial charge in [-0.25, -0.2) is 0 Å². The second kappa shape index (κ2) is 9.59. The number of nitrogens with one attached hydrogen (secondary N) is 2. The second-order valence-corrected chi connectivity index (χ2v) is 11.5. The molecule has 1 heterocycles. The van der Waals surface area contributed by atoms with Gasteiger partial charge in [-0.05, 0) is 62.0 Å². The molecule has 1 aromatic rings. The van der Waals surface area contributed by atoms with Gasteiger partial charge in [0.2, 0.25) is 5.91 Å². The zero-order chi connectivity index (χ0) is 23.7. The van der Waals surface area contributed by atoms with Crippen LogP contribution in [0.5, 0.6) is 0 Å². The van der Waals surface area contributed by atoms with Crippen molar-refractivity contribution in [2.24, 2.45) is 11.3 Å². The van der Waals surface area contributed by atoms with Gasteiger partial charge >= 0.3 is 0 Å². The highest BCUT2D eigenvalue weighted by Crippen LogP contribution is 2.46. The maximum atomic E-state index is 13.7. The van der Waals surface area contributed by atoms with Gasteiger partial charge in [-0.2, -0.15) is 0 Å². The van der Waals surface area contributed by atoms with Gasteiger partial charge in [-0.3, -0.25) is 9.59 Å². The van der Waals surface area contributed by atoms with Gasteiger partial charge < -0.3 is 15.5 Å². The molecule has 1 aromatic carbocycles. The second-order valence-electron chi connectivity index (χ2n) is 11.5. The average molecular weight is 462 g/mol. The van der Waals surface area contributed by atoms with E-state index in [0.29, 0.717) is 12.3 Å². The van der Waals surface area contributed by atoms with Crippen LogP contribution in [-0.2, 0) is 9.59 Å².